The molecule has 0 unspecified atom stereocenters. The van der Waals surface area contributed by atoms with E-state index in [1.165, 1.54) is 11.1 Å². The Morgan fingerprint density at radius 2 is 1.91 bits per heavy atom. The van der Waals surface area contributed by atoms with Crippen molar-refractivity contribution >= 4 is 5.78 Å². The van der Waals surface area contributed by atoms with Crippen LogP contribution in [0.4, 0.5) is 0 Å². The standard InChI is InChI=1S/C18H26NO3/c1-5-12-11-19(2)7-6-13-8-17(21-3)18(22-4)9-14(13)15(19)10-16(12)20/h8-9,12,15H,5-7,10-11H2,1-4H3/q+1/t12-,15-,19-/m1/s1. The second kappa shape index (κ2) is 5.58. The summed E-state index contributed by atoms with van der Waals surface area (Å²) >= 11 is 0. The van der Waals surface area contributed by atoms with Crippen molar-refractivity contribution in [2.75, 3.05) is 34.4 Å². The predicted molar refractivity (Wildman–Crippen MR) is 85.3 cm³/mol. The van der Waals surface area contributed by atoms with Crippen molar-refractivity contribution in [3.05, 3.63) is 23.3 Å². The molecule has 0 aromatic heterocycles. The first kappa shape index (κ1) is 15.3. The van der Waals surface area contributed by atoms with Gasteiger partial charge in [-0.2, -0.15) is 0 Å². The summed E-state index contributed by atoms with van der Waals surface area (Å²) in [5.74, 6) is 2.19. The monoisotopic (exact) mass is 304 g/mol. The molecule has 1 aromatic rings. The normalized spacial score (nSPS) is 30.5. The number of benzene rings is 1. The first-order chi connectivity index (χ1) is 10.5. The number of methoxy groups -OCH3 is 2. The number of Topliss-reactive ketones (excluding diaryl/α,β-unsaturated/α-hetero) is 1. The molecule has 1 aromatic carbocycles. The molecule has 22 heavy (non-hydrogen) atoms. The minimum atomic E-state index is 0.225. The fraction of sp³-hybridized carbons (Fsp3) is 0.611. The van der Waals surface area contributed by atoms with Gasteiger partial charge in [-0.1, -0.05) is 6.92 Å². The van der Waals surface area contributed by atoms with Crippen LogP contribution in [0, 0.1) is 5.92 Å². The van der Waals surface area contributed by atoms with E-state index in [-0.39, 0.29) is 12.0 Å². The third-order valence-corrected chi connectivity index (χ3v) is 5.63. The van der Waals surface area contributed by atoms with Crippen molar-refractivity contribution in [3.8, 4) is 11.5 Å². The number of nitrogens with zero attached hydrogens (tertiary/aromatic N) is 1. The molecule has 4 nitrogen and oxygen atoms in total. The van der Waals surface area contributed by atoms with Gasteiger partial charge in [0.2, 0.25) is 0 Å². The van der Waals surface area contributed by atoms with E-state index in [9.17, 15) is 4.79 Å². The van der Waals surface area contributed by atoms with Crippen molar-refractivity contribution in [1.29, 1.82) is 0 Å². The molecule has 0 aliphatic carbocycles. The van der Waals surface area contributed by atoms with E-state index in [2.05, 4.69) is 26.1 Å². The Bertz CT molecular complexity index is 598. The van der Waals surface area contributed by atoms with E-state index in [1.807, 2.05) is 0 Å². The summed E-state index contributed by atoms with van der Waals surface area (Å²) in [6.07, 6.45) is 2.64. The van der Waals surface area contributed by atoms with Crippen LogP contribution >= 0.6 is 0 Å². The van der Waals surface area contributed by atoms with E-state index in [0.29, 0.717) is 12.2 Å². The lowest BCUT2D eigenvalue weighted by atomic mass is 9.79. The summed E-state index contributed by atoms with van der Waals surface area (Å²) in [4.78, 5) is 12.4. The largest absolute Gasteiger partial charge is 0.493 e. The van der Waals surface area contributed by atoms with Crippen LogP contribution in [0.2, 0.25) is 0 Å². The maximum atomic E-state index is 12.4. The first-order valence-corrected chi connectivity index (χ1v) is 8.14. The zero-order valence-electron chi connectivity index (χ0n) is 14.0. The first-order valence-electron chi connectivity index (χ1n) is 8.14. The Morgan fingerprint density at radius 3 is 2.55 bits per heavy atom. The zero-order valence-corrected chi connectivity index (χ0v) is 14.0. The van der Waals surface area contributed by atoms with Crippen molar-refractivity contribution in [3.63, 3.8) is 0 Å². The second-order valence-corrected chi connectivity index (χ2v) is 6.83. The van der Waals surface area contributed by atoms with Crippen molar-refractivity contribution < 1.29 is 18.8 Å². The molecular formula is C18H26NO3+. The molecule has 2 heterocycles. The number of carbonyl (C=O) groups is 1. The highest BCUT2D eigenvalue weighted by Gasteiger charge is 2.47. The van der Waals surface area contributed by atoms with Gasteiger partial charge in [-0.3, -0.25) is 4.79 Å². The fourth-order valence-electron chi connectivity index (χ4n) is 4.20. The Hall–Kier alpha value is -1.55. The van der Waals surface area contributed by atoms with Crippen molar-refractivity contribution in [2.45, 2.75) is 32.2 Å². The van der Waals surface area contributed by atoms with Crippen molar-refractivity contribution in [1.82, 2.24) is 0 Å². The lowest BCUT2D eigenvalue weighted by Gasteiger charge is -2.50. The third-order valence-electron chi connectivity index (χ3n) is 5.63. The number of rotatable bonds is 3. The molecule has 2 aliphatic heterocycles. The summed E-state index contributed by atoms with van der Waals surface area (Å²) in [5, 5.41) is 0. The minimum absolute atomic E-state index is 0.225. The van der Waals surface area contributed by atoms with Gasteiger partial charge < -0.3 is 14.0 Å². The topological polar surface area (TPSA) is 35.5 Å². The van der Waals surface area contributed by atoms with Crippen molar-refractivity contribution in [2.24, 2.45) is 5.92 Å². The van der Waals surface area contributed by atoms with E-state index in [1.54, 1.807) is 14.2 Å². The summed E-state index contributed by atoms with van der Waals surface area (Å²) in [5.41, 5.74) is 2.58. The predicted octanol–water partition coefficient (Wildman–Crippen LogP) is 2.75. The Balaban J connectivity index is 2.04. The van der Waals surface area contributed by atoms with Crippen LogP contribution in [0.15, 0.2) is 12.1 Å². The van der Waals surface area contributed by atoms with Crippen LogP contribution in [0.3, 0.4) is 0 Å². The Kier molecular flexibility index (Phi) is 3.89. The smallest absolute Gasteiger partial charge is 0.161 e. The van der Waals surface area contributed by atoms with Gasteiger partial charge in [0.25, 0.3) is 0 Å². The summed E-state index contributed by atoms with van der Waals surface area (Å²) < 4.78 is 11.9. The number of carbonyl (C=O) groups excluding carboxylic acids is 1. The average Bonchev–Trinajstić information content (AvgIpc) is 2.53. The molecule has 0 saturated carbocycles. The molecule has 1 fully saturated rings. The fourth-order valence-corrected chi connectivity index (χ4v) is 4.20. The van der Waals surface area contributed by atoms with E-state index in [4.69, 9.17) is 9.47 Å². The maximum absolute atomic E-state index is 12.4. The number of likely N-dealkylation sites (N-methyl/N-ethyl adjacent to an activating group) is 1. The highest BCUT2D eigenvalue weighted by molar-refractivity contribution is 5.82. The number of ketones is 1. The lowest BCUT2D eigenvalue weighted by Crippen LogP contribution is -2.58. The van der Waals surface area contributed by atoms with Crippen LogP contribution in [0.5, 0.6) is 11.5 Å². The molecular weight excluding hydrogens is 278 g/mol. The van der Waals surface area contributed by atoms with Crippen LogP contribution in [-0.4, -0.2) is 44.6 Å². The molecule has 0 radical (unpaired) electrons. The highest BCUT2D eigenvalue weighted by Crippen LogP contribution is 2.45. The number of ether oxygens (including phenoxy) is 2. The average molecular weight is 304 g/mol. The number of quaternary nitrogens is 1. The molecule has 0 N–H and O–H groups in total. The van der Waals surface area contributed by atoms with Gasteiger partial charge in [0.1, 0.15) is 11.8 Å². The van der Waals surface area contributed by atoms with E-state index < -0.39 is 0 Å². The number of hydrogen-bond acceptors (Lipinski definition) is 3. The maximum Gasteiger partial charge on any atom is 0.161 e. The molecule has 0 spiro atoms. The Labute approximate surface area is 132 Å². The zero-order chi connectivity index (χ0) is 15.9. The molecule has 0 bridgehead atoms. The van der Waals surface area contributed by atoms with Crippen LogP contribution < -0.4 is 9.47 Å². The van der Waals surface area contributed by atoms with Crippen LogP contribution in [0.25, 0.3) is 0 Å². The van der Waals surface area contributed by atoms with E-state index >= 15 is 0 Å². The lowest BCUT2D eigenvalue weighted by molar-refractivity contribution is -0.945. The highest BCUT2D eigenvalue weighted by atomic mass is 16.5. The Morgan fingerprint density at radius 1 is 1.23 bits per heavy atom. The SMILES string of the molecule is CC[C@@H]1C[N@@+]2(C)CCc3cc(OC)c(OC)cc3[C@H]2CC1=O. The summed E-state index contributed by atoms with van der Waals surface area (Å²) in [6, 6.07) is 4.45. The summed E-state index contributed by atoms with van der Waals surface area (Å²) in [6.45, 7) is 4.19. The minimum Gasteiger partial charge on any atom is -0.493 e. The van der Waals surface area contributed by atoms with Gasteiger partial charge in [-0.05, 0) is 24.1 Å². The van der Waals surface area contributed by atoms with Gasteiger partial charge in [0.15, 0.2) is 11.5 Å². The second-order valence-electron chi connectivity index (χ2n) is 6.83. The molecule has 4 heteroatoms. The number of piperidine rings is 1. The number of fused-ring (bicyclic) bond motifs is 3. The molecule has 1 saturated heterocycles. The number of hydrogen-bond donors (Lipinski definition) is 0. The third kappa shape index (κ3) is 2.30. The van der Waals surface area contributed by atoms with Gasteiger partial charge in [0, 0.05) is 12.0 Å². The molecule has 3 atom stereocenters. The van der Waals surface area contributed by atoms with Crippen LogP contribution in [0.1, 0.15) is 36.9 Å². The van der Waals surface area contributed by atoms with Crippen LogP contribution in [-0.2, 0) is 11.2 Å². The van der Waals surface area contributed by atoms with Gasteiger partial charge >= 0.3 is 0 Å². The van der Waals surface area contributed by atoms with E-state index in [0.717, 1.165) is 41.9 Å². The van der Waals surface area contributed by atoms with Gasteiger partial charge in [-0.25, -0.2) is 0 Å². The molecule has 120 valence electrons. The quantitative estimate of drug-likeness (QED) is 0.806. The molecule has 3 rings (SSSR count). The van der Waals surface area contributed by atoms with Gasteiger partial charge in [0.05, 0.1) is 46.7 Å². The molecule has 0 amide bonds. The molecule has 2 aliphatic rings. The summed E-state index contributed by atoms with van der Waals surface area (Å²) in [7, 11) is 5.64. The van der Waals surface area contributed by atoms with Gasteiger partial charge in [-0.15, -0.1) is 0 Å².